The van der Waals surface area contributed by atoms with Gasteiger partial charge in [-0.3, -0.25) is 4.90 Å². The summed E-state index contributed by atoms with van der Waals surface area (Å²) in [6, 6.07) is 34.7. The van der Waals surface area contributed by atoms with Gasteiger partial charge in [-0.15, -0.1) is 0 Å². The van der Waals surface area contributed by atoms with E-state index >= 15 is 0 Å². The lowest BCUT2D eigenvalue weighted by molar-refractivity contribution is -0.649. The van der Waals surface area contributed by atoms with Gasteiger partial charge in [0.1, 0.15) is 23.6 Å². The van der Waals surface area contributed by atoms with Gasteiger partial charge in [0.2, 0.25) is 0 Å². The Balaban J connectivity index is 1.44. The van der Waals surface area contributed by atoms with E-state index in [0.717, 1.165) is 61.6 Å². The molecule has 1 aromatic heterocycles. The van der Waals surface area contributed by atoms with E-state index in [9.17, 15) is 0 Å². The smallest absolute Gasteiger partial charge is 0.277 e. The van der Waals surface area contributed by atoms with Gasteiger partial charge >= 0.3 is 0 Å². The number of nitrogens with zero attached hydrogens (tertiary/aromatic N) is 4. The Morgan fingerprint density at radius 1 is 0.812 bits per heavy atom. The molecule has 6 rings (SSSR count). The summed E-state index contributed by atoms with van der Waals surface area (Å²) in [5, 5.41) is 2.44. The van der Waals surface area contributed by atoms with Gasteiger partial charge in [-0.2, -0.15) is 0 Å². The fourth-order valence-electron chi connectivity index (χ4n) is 6.60. The van der Waals surface area contributed by atoms with Crippen LogP contribution in [0.25, 0.3) is 28.1 Å². The van der Waals surface area contributed by atoms with Gasteiger partial charge in [0.15, 0.2) is 0 Å². The Morgan fingerprint density at radius 2 is 1.54 bits per heavy atom. The molecule has 0 atom stereocenters. The van der Waals surface area contributed by atoms with Crippen LogP contribution in [0.1, 0.15) is 30.9 Å². The molecule has 1 aliphatic heterocycles. The van der Waals surface area contributed by atoms with E-state index in [1.165, 1.54) is 43.5 Å². The van der Waals surface area contributed by atoms with Crippen molar-refractivity contribution in [2.24, 2.45) is 0 Å². The molecule has 248 valence electrons. The maximum absolute atomic E-state index is 5.74. The van der Waals surface area contributed by atoms with Crippen LogP contribution in [0.3, 0.4) is 0 Å². The molecule has 0 radical (unpaired) electrons. The number of anilines is 2. The van der Waals surface area contributed by atoms with Gasteiger partial charge in [-0.05, 0) is 80.0 Å². The number of hydrogen-bond donors (Lipinski definition) is 0. The van der Waals surface area contributed by atoms with Gasteiger partial charge in [0.05, 0.1) is 43.6 Å². The van der Waals surface area contributed by atoms with Crippen LogP contribution in [0.4, 0.5) is 11.5 Å². The molecule has 0 bridgehead atoms. The van der Waals surface area contributed by atoms with Gasteiger partial charge in [0.25, 0.3) is 5.82 Å². The zero-order valence-electron chi connectivity index (χ0n) is 29.1. The predicted octanol–water partition coefficient (Wildman–Crippen LogP) is 8.57. The van der Waals surface area contributed by atoms with Crippen molar-refractivity contribution in [1.82, 2.24) is 4.90 Å². The second kappa shape index (κ2) is 15.2. The number of methoxy groups -OCH3 is 2. The minimum atomic E-state index is 0.802. The minimum absolute atomic E-state index is 0.802. The molecule has 48 heavy (non-hydrogen) atoms. The Morgan fingerprint density at radius 3 is 2.25 bits per heavy atom. The number of ether oxygens (including phenoxy) is 2. The van der Waals surface area contributed by atoms with Crippen molar-refractivity contribution in [3.63, 3.8) is 0 Å². The maximum Gasteiger partial charge on any atom is 0.277 e. The molecule has 0 amide bonds. The highest BCUT2D eigenvalue weighted by Crippen LogP contribution is 2.49. The molecule has 0 aliphatic carbocycles. The summed E-state index contributed by atoms with van der Waals surface area (Å²) in [5.41, 5.74) is 7.01. The molecule has 6 nitrogen and oxygen atoms in total. The first kappa shape index (κ1) is 33.4. The molecule has 4 aromatic carbocycles. The third kappa shape index (κ3) is 7.03. The lowest BCUT2D eigenvalue weighted by Crippen LogP contribution is -2.44. The van der Waals surface area contributed by atoms with Gasteiger partial charge in [-0.25, -0.2) is 4.57 Å². The molecular weight excluding hydrogens is 613 g/mol. The number of benzene rings is 4. The van der Waals surface area contributed by atoms with E-state index in [-0.39, 0.29) is 0 Å². The molecular formula is C41H47N4O2S+. The van der Waals surface area contributed by atoms with Gasteiger partial charge < -0.3 is 19.3 Å². The van der Waals surface area contributed by atoms with E-state index in [0.29, 0.717) is 0 Å². The van der Waals surface area contributed by atoms with E-state index in [4.69, 9.17) is 9.47 Å². The van der Waals surface area contributed by atoms with Crippen LogP contribution in [-0.4, -0.2) is 59.9 Å². The van der Waals surface area contributed by atoms with Crippen LogP contribution in [0.5, 0.6) is 11.5 Å². The Hall–Kier alpha value is -4.46. The second-order valence-electron chi connectivity index (χ2n) is 12.6. The van der Waals surface area contributed by atoms with E-state index in [2.05, 4.69) is 132 Å². The Labute approximate surface area is 290 Å². The summed E-state index contributed by atoms with van der Waals surface area (Å²) in [5.74, 6) is 2.87. The Kier molecular flexibility index (Phi) is 10.6. The lowest BCUT2D eigenvalue weighted by Gasteiger charge is -2.23. The fraction of sp³-hybridized carbons (Fsp3) is 0.293. The summed E-state index contributed by atoms with van der Waals surface area (Å²) >= 11 is 1.81. The van der Waals surface area contributed by atoms with Crippen molar-refractivity contribution < 1.29 is 14.0 Å². The monoisotopic (exact) mass is 659 g/mol. The largest absolute Gasteiger partial charge is 0.496 e. The van der Waals surface area contributed by atoms with Crippen molar-refractivity contribution >= 4 is 40.2 Å². The Bertz CT molecular complexity index is 1880. The van der Waals surface area contributed by atoms with E-state index < -0.39 is 0 Å². The first-order valence-corrected chi connectivity index (χ1v) is 17.6. The zero-order chi connectivity index (χ0) is 33.6. The van der Waals surface area contributed by atoms with Crippen molar-refractivity contribution in [1.29, 1.82) is 0 Å². The summed E-state index contributed by atoms with van der Waals surface area (Å²) in [4.78, 5) is 8.39. The minimum Gasteiger partial charge on any atom is -0.496 e. The van der Waals surface area contributed by atoms with Crippen molar-refractivity contribution in [3.8, 4) is 22.6 Å². The number of hydrogen-bond acceptors (Lipinski definition) is 6. The van der Waals surface area contributed by atoms with Crippen LogP contribution in [-0.2, 0) is 6.54 Å². The van der Waals surface area contributed by atoms with Crippen LogP contribution < -0.4 is 23.8 Å². The highest BCUT2D eigenvalue weighted by Gasteiger charge is 2.27. The molecule has 0 fully saturated rings. The van der Waals surface area contributed by atoms with Crippen molar-refractivity contribution in [2.45, 2.75) is 31.2 Å². The number of thioether (sulfide) groups is 1. The normalized spacial score (nSPS) is 13.4. The van der Waals surface area contributed by atoms with Crippen LogP contribution in [0.2, 0.25) is 0 Å². The molecule has 0 saturated carbocycles. The molecule has 5 aromatic rings. The number of para-hydroxylation sites is 1. The highest BCUT2D eigenvalue weighted by atomic mass is 32.2. The fourth-order valence-corrected chi connectivity index (χ4v) is 7.74. The number of aromatic nitrogens is 1. The summed E-state index contributed by atoms with van der Waals surface area (Å²) in [6.45, 7) is 6.17. The van der Waals surface area contributed by atoms with Crippen LogP contribution in [0.15, 0.2) is 107 Å². The first-order valence-electron chi connectivity index (χ1n) is 16.8. The zero-order valence-corrected chi connectivity index (χ0v) is 29.9. The standard InChI is InChI=1S/C41H47N4O2S/c1-7-23-44(25-14-24-42(2)3)39-27-32(33-17-11-12-18-34(33)45(39)29-30-15-9-8-10-16-30)28-40-43(4)35-22-21-31(26-38(35)48-40)41-36(46-5)19-13-20-37(41)47-6/h8-13,15-22,26-28H,7,14,23-25,29H2,1-6H3/q+1. The summed E-state index contributed by atoms with van der Waals surface area (Å²) in [6.07, 6.45) is 4.56. The predicted molar refractivity (Wildman–Crippen MR) is 203 cm³/mol. The summed E-state index contributed by atoms with van der Waals surface area (Å²) < 4.78 is 14.0. The highest BCUT2D eigenvalue weighted by molar-refractivity contribution is 8.03. The first-order chi connectivity index (χ1) is 23.4. The third-order valence-electron chi connectivity index (χ3n) is 8.96. The molecule has 0 saturated heterocycles. The van der Waals surface area contributed by atoms with Crippen molar-refractivity contribution in [2.75, 3.05) is 64.8 Å². The SMILES string of the molecule is CCCN(CCCN(C)C)c1cc(C=C2Sc3cc(-c4c(OC)cccc4OC)ccc3N2C)c2ccccc2[n+]1Cc1ccccc1. The average Bonchev–Trinajstić information content (AvgIpc) is 3.42. The molecule has 2 heterocycles. The third-order valence-corrected chi connectivity index (χ3v) is 10.1. The van der Waals surface area contributed by atoms with Crippen LogP contribution >= 0.6 is 11.8 Å². The summed E-state index contributed by atoms with van der Waals surface area (Å²) in [7, 11) is 9.90. The molecule has 7 heteroatoms. The average molecular weight is 660 g/mol. The quantitative estimate of drug-likeness (QED) is 0.118. The molecule has 0 spiro atoms. The molecule has 0 N–H and O–H groups in total. The molecule has 1 aliphatic rings. The number of fused-ring (bicyclic) bond motifs is 2. The van der Waals surface area contributed by atoms with Gasteiger partial charge in [0, 0.05) is 29.9 Å². The number of pyridine rings is 1. The lowest BCUT2D eigenvalue weighted by atomic mass is 10.0. The van der Waals surface area contributed by atoms with E-state index in [1.807, 2.05) is 30.0 Å². The van der Waals surface area contributed by atoms with Crippen molar-refractivity contribution in [3.05, 3.63) is 113 Å². The van der Waals surface area contributed by atoms with E-state index in [1.54, 1.807) is 14.2 Å². The maximum atomic E-state index is 5.74. The van der Waals surface area contributed by atoms with Gasteiger partial charge in [-0.1, -0.05) is 79.3 Å². The molecule has 0 unspecified atom stereocenters. The topological polar surface area (TPSA) is 32.1 Å². The second-order valence-corrected chi connectivity index (χ2v) is 13.6. The van der Waals surface area contributed by atoms with Crippen LogP contribution in [0, 0.1) is 0 Å². The number of rotatable bonds is 13.